The largest absolute Gasteiger partial charge is 0.462 e. The van der Waals surface area contributed by atoms with Crippen molar-refractivity contribution in [3.63, 3.8) is 0 Å². The Morgan fingerprint density at radius 1 is 1.33 bits per heavy atom. The molecule has 0 aromatic carbocycles. The number of amides is 1. The lowest BCUT2D eigenvalue weighted by molar-refractivity contribution is -0.123. The van der Waals surface area contributed by atoms with Gasteiger partial charge >= 0.3 is 11.9 Å². The molecule has 0 saturated carbocycles. The van der Waals surface area contributed by atoms with E-state index in [0.29, 0.717) is 16.5 Å². The first-order valence-electron chi connectivity index (χ1n) is 10.8. The number of rotatable bonds is 6. The van der Waals surface area contributed by atoms with E-state index in [2.05, 4.69) is 27.3 Å². The molecule has 1 N–H and O–H groups in total. The van der Waals surface area contributed by atoms with Gasteiger partial charge in [0.2, 0.25) is 0 Å². The summed E-state index contributed by atoms with van der Waals surface area (Å²) in [6.07, 6.45) is 3.01. The van der Waals surface area contributed by atoms with Crippen molar-refractivity contribution in [2.45, 2.75) is 53.1 Å². The first-order chi connectivity index (χ1) is 15.8. The molecular formula is C22H25N5O5S. The lowest BCUT2D eigenvalue weighted by Crippen LogP contribution is -2.30. The van der Waals surface area contributed by atoms with Crippen molar-refractivity contribution in [3.8, 4) is 0 Å². The molecule has 0 spiro atoms. The minimum Gasteiger partial charge on any atom is -0.462 e. The number of anilines is 1. The monoisotopic (exact) mass is 471 g/mol. The van der Waals surface area contributed by atoms with Crippen molar-refractivity contribution in [3.05, 3.63) is 39.8 Å². The highest BCUT2D eigenvalue weighted by Crippen LogP contribution is 2.40. The smallest absolute Gasteiger partial charge is 0.379 e. The number of nitrogens with zero attached hydrogens (tertiary/aromatic N) is 4. The summed E-state index contributed by atoms with van der Waals surface area (Å²) in [7, 11) is 0. The topological polar surface area (TPSA) is 125 Å². The van der Waals surface area contributed by atoms with Crippen LogP contribution in [0.2, 0.25) is 0 Å². The van der Waals surface area contributed by atoms with E-state index in [1.807, 2.05) is 0 Å². The van der Waals surface area contributed by atoms with Gasteiger partial charge in [-0.25, -0.2) is 19.1 Å². The molecule has 11 heteroatoms. The third-order valence-electron chi connectivity index (χ3n) is 5.49. The Bertz CT molecular complexity index is 1230. The molecule has 1 amide bonds. The molecule has 0 fully saturated rings. The zero-order valence-electron chi connectivity index (χ0n) is 18.9. The lowest BCUT2D eigenvalue weighted by Gasteiger charge is -2.18. The third-order valence-corrected chi connectivity index (χ3v) is 6.66. The van der Waals surface area contributed by atoms with Gasteiger partial charge in [0.15, 0.2) is 6.10 Å². The van der Waals surface area contributed by atoms with Crippen molar-refractivity contribution in [1.29, 1.82) is 0 Å². The van der Waals surface area contributed by atoms with Gasteiger partial charge < -0.3 is 14.8 Å². The molecule has 3 aromatic heterocycles. The molecule has 0 saturated heterocycles. The number of hydrogen-bond acceptors (Lipinski definition) is 9. The first kappa shape index (κ1) is 22.8. The van der Waals surface area contributed by atoms with Gasteiger partial charge in [0.25, 0.3) is 17.5 Å². The summed E-state index contributed by atoms with van der Waals surface area (Å²) in [5, 5.41) is 7.27. The molecule has 0 aliphatic heterocycles. The van der Waals surface area contributed by atoms with Gasteiger partial charge in [-0.05, 0) is 57.6 Å². The first-order valence-corrected chi connectivity index (χ1v) is 11.6. The zero-order chi connectivity index (χ0) is 23.7. The van der Waals surface area contributed by atoms with Crippen LogP contribution in [0.1, 0.15) is 64.3 Å². The normalized spacial score (nSPS) is 16.2. The zero-order valence-corrected chi connectivity index (χ0v) is 19.7. The fraction of sp³-hybridized carbons (Fsp3) is 0.455. The Balaban J connectivity index is 1.50. The predicted molar refractivity (Wildman–Crippen MR) is 120 cm³/mol. The Hall–Kier alpha value is -3.34. The second-order valence-electron chi connectivity index (χ2n) is 8.05. The van der Waals surface area contributed by atoms with Crippen molar-refractivity contribution >= 4 is 40.0 Å². The number of carbonyl (C=O) groups excluding carboxylic acids is 3. The number of fused-ring (bicyclic) bond motifs is 2. The quantitative estimate of drug-likeness (QED) is 0.544. The minimum absolute atomic E-state index is 0.191. The highest BCUT2D eigenvalue weighted by Gasteiger charge is 2.30. The van der Waals surface area contributed by atoms with Crippen molar-refractivity contribution in [2.75, 3.05) is 11.9 Å². The molecule has 3 heterocycles. The number of nitrogens with one attached hydrogen (secondary N) is 1. The second kappa shape index (κ2) is 9.26. The van der Waals surface area contributed by atoms with Gasteiger partial charge in [-0.15, -0.1) is 16.4 Å². The molecule has 0 unspecified atom stereocenters. The Labute approximate surface area is 194 Å². The van der Waals surface area contributed by atoms with Crippen molar-refractivity contribution in [1.82, 2.24) is 19.6 Å². The molecule has 3 aromatic rings. The van der Waals surface area contributed by atoms with E-state index >= 15 is 0 Å². The van der Waals surface area contributed by atoms with E-state index < -0.39 is 23.9 Å². The van der Waals surface area contributed by atoms with Gasteiger partial charge in [0, 0.05) is 16.8 Å². The lowest BCUT2D eigenvalue weighted by atomic mass is 9.88. The molecule has 2 atom stereocenters. The fourth-order valence-electron chi connectivity index (χ4n) is 3.73. The van der Waals surface area contributed by atoms with E-state index in [0.717, 1.165) is 35.4 Å². The van der Waals surface area contributed by atoms with E-state index in [1.165, 1.54) is 22.8 Å². The molecule has 33 heavy (non-hydrogen) atoms. The molecule has 1 aliphatic rings. The molecule has 1 aliphatic carbocycles. The van der Waals surface area contributed by atoms with E-state index in [-0.39, 0.29) is 18.2 Å². The molecule has 0 radical (unpaired) electrons. The summed E-state index contributed by atoms with van der Waals surface area (Å²) in [6, 6.07) is 1.73. The number of thiophene rings is 1. The molecule has 174 valence electrons. The van der Waals surface area contributed by atoms with Crippen LogP contribution in [0, 0.1) is 12.8 Å². The van der Waals surface area contributed by atoms with Crippen LogP contribution in [0.3, 0.4) is 0 Å². The summed E-state index contributed by atoms with van der Waals surface area (Å²) in [5.74, 6) is -1.28. The summed E-state index contributed by atoms with van der Waals surface area (Å²) >= 11 is 1.38. The van der Waals surface area contributed by atoms with Crippen LogP contribution in [0.15, 0.2) is 12.3 Å². The van der Waals surface area contributed by atoms with Crippen LogP contribution >= 0.6 is 11.3 Å². The summed E-state index contributed by atoms with van der Waals surface area (Å²) in [5.41, 5.74) is 2.09. The molecule has 0 bridgehead atoms. The van der Waals surface area contributed by atoms with Crippen LogP contribution in [0.4, 0.5) is 5.00 Å². The van der Waals surface area contributed by atoms with Crippen LogP contribution < -0.4 is 5.32 Å². The van der Waals surface area contributed by atoms with Gasteiger partial charge in [-0.3, -0.25) is 4.79 Å². The van der Waals surface area contributed by atoms with Gasteiger partial charge in [-0.1, -0.05) is 6.92 Å². The third kappa shape index (κ3) is 4.58. The van der Waals surface area contributed by atoms with Crippen molar-refractivity contribution in [2.24, 2.45) is 5.92 Å². The maximum absolute atomic E-state index is 12.8. The fourth-order valence-corrected chi connectivity index (χ4v) is 5.13. The average Bonchev–Trinajstić information content (AvgIpc) is 3.35. The number of ether oxygens (including phenoxy) is 2. The van der Waals surface area contributed by atoms with E-state index in [4.69, 9.17) is 9.47 Å². The highest BCUT2D eigenvalue weighted by atomic mass is 32.1. The molecular weight excluding hydrogens is 446 g/mol. The maximum atomic E-state index is 12.8. The van der Waals surface area contributed by atoms with Crippen LogP contribution in [0.25, 0.3) is 5.78 Å². The number of aromatic nitrogens is 4. The Morgan fingerprint density at radius 2 is 2.12 bits per heavy atom. The van der Waals surface area contributed by atoms with E-state index in [9.17, 15) is 14.4 Å². The number of esters is 2. The van der Waals surface area contributed by atoms with Gasteiger partial charge in [0.05, 0.1) is 12.2 Å². The highest BCUT2D eigenvalue weighted by molar-refractivity contribution is 7.17. The standard InChI is InChI=1S/C22H25N5O5S/c1-5-31-20(29)16-14-7-6-11(2)10-15(14)33-19(16)25-18(28)13(4)32-21(30)17-24-22-23-9-8-12(3)27(22)26-17/h8-9,11,13H,5-7,10H2,1-4H3,(H,25,28)/t11-,13+/m1/s1. The average molecular weight is 472 g/mol. The summed E-state index contributed by atoms with van der Waals surface area (Å²) < 4.78 is 11.9. The van der Waals surface area contributed by atoms with Gasteiger partial charge in [0.1, 0.15) is 5.00 Å². The van der Waals surface area contributed by atoms with Crippen LogP contribution in [0.5, 0.6) is 0 Å². The Kier molecular flexibility index (Phi) is 6.41. The number of carbonyl (C=O) groups is 3. The number of hydrogen-bond donors (Lipinski definition) is 1. The van der Waals surface area contributed by atoms with Crippen molar-refractivity contribution < 1.29 is 23.9 Å². The molecule has 10 nitrogen and oxygen atoms in total. The summed E-state index contributed by atoms with van der Waals surface area (Å²) in [6.45, 7) is 7.39. The second-order valence-corrected chi connectivity index (χ2v) is 9.15. The maximum Gasteiger partial charge on any atom is 0.379 e. The SMILES string of the molecule is CCOC(=O)c1c(NC(=O)[C@H](C)OC(=O)c2nc3nccc(C)n3n2)sc2c1CC[C@@H](C)C2. The molecule has 4 rings (SSSR count). The van der Waals surface area contributed by atoms with Crippen LogP contribution in [-0.2, 0) is 27.1 Å². The Morgan fingerprint density at radius 3 is 2.85 bits per heavy atom. The predicted octanol–water partition coefficient (Wildman–Crippen LogP) is 2.98. The number of aryl methyl sites for hydroxylation is 1. The van der Waals surface area contributed by atoms with Crippen LogP contribution in [-0.4, -0.2) is 50.1 Å². The van der Waals surface area contributed by atoms with Gasteiger partial charge in [-0.2, -0.15) is 4.98 Å². The minimum atomic E-state index is -1.13. The summed E-state index contributed by atoms with van der Waals surface area (Å²) in [4.78, 5) is 47.1. The van der Waals surface area contributed by atoms with E-state index in [1.54, 1.807) is 26.1 Å².